The molecule has 0 saturated carbocycles. The number of esters is 1. The number of hydrogen-bond acceptors (Lipinski definition) is 9. The number of fused-ring (bicyclic) bond motifs is 1. The Morgan fingerprint density at radius 1 is 1.27 bits per heavy atom. The summed E-state index contributed by atoms with van der Waals surface area (Å²) >= 11 is 6.59. The summed E-state index contributed by atoms with van der Waals surface area (Å²) in [5, 5.41) is 2.77. The Bertz CT molecular complexity index is 1320. The van der Waals surface area contributed by atoms with Crippen LogP contribution in [0.3, 0.4) is 0 Å². The Morgan fingerprint density at radius 3 is 2.84 bits per heavy atom. The molecule has 2 amide bonds. The Balaban J connectivity index is 1.80. The predicted octanol–water partition coefficient (Wildman–Crippen LogP) is 2.34. The fourth-order valence-electron chi connectivity index (χ4n) is 4.33. The minimum absolute atomic E-state index is 0.154. The van der Waals surface area contributed by atoms with E-state index in [4.69, 9.17) is 21.9 Å². The van der Waals surface area contributed by atoms with E-state index in [1.165, 1.54) is 10.5 Å². The summed E-state index contributed by atoms with van der Waals surface area (Å²) in [5.41, 5.74) is 0.145. The molecule has 1 atom stereocenters. The molecule has 2 fully saturated rings. The molecule has 0 aromatic carbocycles. The van der Waals surface area contributed by atoms with Crippen molar-refractivity contribution < 1.29 is 19.1 Å². The van der Waals surface area contributed by atoms with Crippen molar-refractivity contribution in [1.82, 2.24) is 19.6 Å². The molecular formula is C25H29N5O5S2. The van der Waals surface area contributed by atoms with Gasteiger partial charge in [0.15, 0.2) is 0 Å². The van der Waals surface area contributed by atoms with Crippen LogP contribution in [0.5, 0.6) is 0 Å². The summed E-state index contributed by atoms with van der Waals surface area (Å²) in [6.45, 7) is 5.12. The zero-order valence-electron chi connectivity index (χ0n) is 20.8. The summed E-state index contributed by atoms with van der Waals surface area (Å²) in [4.78, 5) is 60.2. The van der Waals surface area contributed by atoms with Gasteiger partial charge in [-0.1, -0.05) is 49.8 Å². The van der Waals surface area contributed by atoms with Crippen molar-refractivity contribution in [3.63, 3.8) is 0 Å². The molecule has 4 heterocycles. The van der Waals surface area contributed by atoms with Gasteiger partial charge in [0.2, 0.25) is 5.91 Å². The Labute approximate surface area is 224 Å². The number of anilines is 1. The topological polar surface area (TPSA) is 113 Å². The molecular weight excluding hydrogens is 514 g/mol. The second-order valence-corrected chi connectivity index (χ2v) is 10.3. The Kier molecular flexibility index (Phi) is 8.59. The summed E-state index contributed by atoms with van der Waals surface area (Å²) in [6, 6.07) is 4.24. The van der Waals surface area contributed by atoms with Crippen molar-refractivity contribution in [2.45, 2.75) is 45.6 Å². The van der Waals surface area contributed by atoms with E-state index in [0.717, 1.165) is 31.0 Å². The highest BCUT2D eigenvalue weighted by atomic mass is 32.2. The van der Waals surface area contributed by atoms with E-state index in [0.29, 0.717) is 34.5 Å². The first kappa shape index (κ1) is 26.8. The van der Waals surface area contributed by atoms with E-state index < -0.39 is 17.6 Å². The van der Waals surface area contributed by atoms with Crippen LogP contribution in [0, 0.1) is 0 Å². The average Bonchev–Trinajstić information content (AvgIpc) is 3.14. The van der Waals surface area contributed by atoms with Crippen LogP contribution in [0.1, 0.15) is 45.1 Å². The van der Waals surface area contributed by atoms with Crippen LogP contribution in [0.2, 0.25) is 0 Å². The SMILES string of the molecule is CCCCCN1C(=O)/C(=C/c2c(N3CCNC(=O)[C@H]3CC(=O)OCC)nc3ccccn3c2=O)SC1=S. The summed E-state index contributed by atoms with van der Waals surface area (Å²) in [7, 11) is 0. The minimum atomic E-state index is -0.915. The number of aromatic nitrogens is 2. The third-order valence-corrected chi connectivity index (χ3v) is 7.53. The Morgan fingerprint density at radius 2 is 2.08 bits per heavy atom. The van der Waals surface area contributed by atoms with Gasteiger partial charge in [-0.05, 0) is 31.6 Å². The van der Waals surface area contributed by atoms with E-state index in [2.05, 4.69) is 12.2 Å². The molecule has 2 aromatic heterocycles. The minimum Gasteiger partial charge on any atom is -0.466 e. The third kappa shape index (κ3) is 5.69. The summed E-state index contributed by atoms with van der Waals surface area (Å²) in [6.07, 6.45) is 5.74. The molecule has 2 aliphatic heterocycles. The Hall–Kier alpha value is -3.25. The fourth-order valence-corrected chi connectivity index (χ4v) is 5.62. The largest absolute Gasteiger partial charge is 0.466 e. The first-order valence-electron chi connectivity index (χ1n) is 12.3. The van der Waals surface area contributed by atoms with Crippen molar-refractivity contribution in [2.75, 3.05) is 31.1 Å². The van der Waals surface area contributed by atoms with Crippen LogP contribution in [0.4, 0.5) is 5.82 Å². The molecule has 2 saturated heterocycles. The molecule has 1 N–H and O–H groups in total. The van der Waals surface area contributed by atoms with Gasteiger partial charge in [0, 0.05) is 25.8 Å². The maximum absolute atomic E-state index is 13.7. The van der Waals surface area contributed by atoms with Crippen LogP contribution in [0.25, 0.3) is 11.7 Å². The number of nitrogens with zero attached hydrogens (tertiary/aromatic N) is 4. The number of ether oxygens (including phenoxy) is 1. The van der Waals surface area contributed by atoms with E-state index in [-0.39, 0.29) is 36.2 Å². The van der Waals surface area contributed by atoms with Crippen LogP contribution in [0.15, 0.2) is 34.1 Å². The zero-order valence-corrected chi connectivity index (χ0v) is 22.4. The number of thioether (sulfide) groups is 1. The lowest BCUT2D eigenvalue weighted by Crippen LogP contribution is -2.57. The number of thiocarbonyl (C=S) groups is 1. The quantitative estimate of drug-likeness (QED) is 0.220. The highest BCUT2D eigenvalue weighted by Gasteiger charge is 2.36. The first-order valence-corrected chi connectivity index (χ1v) is 13.5. The van der Waals surface area contributed by atoms with Crippen LogP contribution < -0.4 is 15.8 Å². The average molecular weight is 544 g/mol. The number of piperazine rings is 1. The van der Waals surface area contributed by atoms with E-state index >= 15 is 0 Å². The number of hydrogen-bond donors (Lipinski definition) is 1. The highest BCUT2D eigenvalue weighted by molar-refractivity contribution is 8.26. The number of pyridine rings is 1. The van der Waals surface area contributed by atoms with Gasteiger partial charge in [-0.15, -0.1) is 0 Å². The first-order chi connectivity index (χ1) is 17.8. The van der Waals surface area contributed by atoms with Crippen molar-refractivity contribution in [3.05, 3.63) is 45.2 Å². The molecule has 0 unspecified atom stereocenters. The van der Waals surface area contributed by atoms with Gasteiger partial charge in [-0.25, -0.2) is 4.98 Å². The fraction of sp³-hybridized carbons (Fsp3) is 0.440. The lowest BCUT2D eigenvalue weighted by molar-refractivity contribution is -0.145. The number of nitrogens with one attached hydrogen (secondary N) is 1. The van der Waals surface area contributed by atoms with Crippen molar-refractivity contribution in [1.29, 1.82) is 0 Å². The standard InChI is InChI=1S/C25H29N5O5S2/c1-3-5-7-12-30-24(34)18(37-25(30)36)14-16-21(27-19-9-6-8-11-29(19)23(16)33)28-13-10-26-22(32)17(28)15-20(31)35-4-2/h6,8-9,11,14,17H,3-5,7,10,12-13,15H2,1-2H3,(H,26,32)/b18-14-/t17-/m1/s1. The molecule has 2 aromatic rings. The lowest BCUT2D eigenvalue weighted by atomic mass is 10.1. The molecule has 37 heavy (non-hydrogen) atoms. The van der Waals surface area contributed by atoms with E-state index in [1.54, 1.807) is 41.1 Å². The summed E-state index contributed by atoms with van der Waals surface area (Å²) < 4.78 is 6.91. The third-order valence-electron chi connectivity index (χ3n) is 6.15. The van der Waals surface area contributed by atoms with Gasteiger partial charge in [-0.2, -0.15) is 0 Å². The number of amides is 2. The normalized spacial score (nSPS) is 19.1. The monoisotopic (exact) mass is 543 g/mol. The van der Waals surface area contributed by atoms with Crippen LogP contribution in [-0.2, 0) is 19.1 Å². The maximum atomic E-state index is 13.7. The van der Waals surface area contributed by atoms with Gasteiger partial charge in [-0.3, -0.25) is 28.5 Å². The maximum Gasteiger partial charge on any atom is 0.308 e. The van der Waals surface area contributed by atoms with Gasteiger partial charge in [0.25, 0.3) is 11.5 Å². The second kappa shape index (κ2) is 11.9. The predicted molar refractivity (Wildman–Crippen MR) is 146 cm³/mol. The molecule has 0 spiro atoms. The van der Waals surface area contributed by atoms with Crippen molar-refractivity contribution in [2.24, 2.45) is 0 Å². The second-order valence-electron chi connectivity index (χ2n) is 8.63. The smallest absolute Gasteiger partial charge is 0.308 e. The molecule has 12 heteroatoms. The molecule has 196 valence electrons. The molecule has 4 rings (SSSR count). The van der Waals surface area contributed by atoms with Gasteiger partial charge >= 0.3 is 5.97 Å². The number of carbonyl (C=O) groups is 3. The number of carbonyl (C=O) groups excluding carboxylic acids is 3. The number of unbranched alkanes of at least 4 members (excludes halogenated alkanes) is 2. The van der Waals surface area contributed by atoms with Gasteiger partial charge in [0.05, 0.1) is 23.5 Å². The van der Waals surface area contributed by atoms with Crippen LogP contribution >= 0.6 is 24.0 Å². The van der Waals surface area contributed by atoms with Crippen molar-refractivity contribution >= 4 is 63.6 Å². The van der Waals surface area contributed by atoms with Gasteiger partial charge in [0.1, 0.15) is 21.8 Å². The van der Waals surface area contributed by atoms with Gasteiger partial charge < -0.3 is 15.0 Å². The zero-order chi connectivity index (χ0) is 26.5. The van der Waals surface area contributed by atoms with Crippen molar-refractivity contribution in [3.8, 4) is 0 Å². The molecule has 0 radical (unpaired) electrons. The molecule has 0 aliphatic carbocycles. The van der Waals surface area contributed by atoms with E-state index in [1.807, 2.05) is 0 Å². The molecule has 0 bridgehead atoms. The summed E-state index contributed by atoms with van der Waals surface area (Å²) in [5.74, 6) is -0.908. The van der Waals surface area contributed by atoms with Crippen LogP contribution in [-0.4, -0.2) is 68.7 Å². The lowest BCUT2D eigenvalue weighted by Gasteiger charge is -2.36. The highest BCUT2D eigenvalue weighted by Crippen LogP contribution is 2.34. The molecule has 2 aliphatic rings. The molecule has 10 nitrogen and oxygen atoms in total. The number of rotatable bonds is 9. The van der Waals surface area contributed by atoms with E-state index in [9.17, 15) is 19.2 Å².